The van der Waals surface area contributed by atoms with Crippen LogP contribution < -0.4 is 0 Å². The Morgan fingerprint density at radius 1 is 0.433 bits per heavy atom. The SMILES string of the molecule is CC(C)(C)N(CCN1CCCCC1)S(C)(=O)=O.CC(C)(C)c1ccc(C(C)(C)C)cc1.CC(C)CS(=O)(=O)Cc1ccccc1.CC(C)N(C)S(=O)(=O)Cc1ccccc1.CC(C)N(C)S(=O)(=O)c1ccccc1.CCCN(C(C)(C)C)S(C)(=O)=O.Cc1ccc(C(C)(C)C)cc1. The van der Waals surface area contributed by atoms with Gasteiger partial charge in [-0.1, -0.05) is 222 Å². The highest BCUT2D eigenvalue weighted by molar-refractivity contribution is 7.90. The van der Waals surface area contributed by atoms with E-state index >= 15 is 0 Å². The van der Waals surface area contributed by atoms with Crippen LogP contribution in [-0.4, -0.2) is 152 Å². The molecular weight excluding hydrogens is 1320 g/mol. The third-order valence-electron chi connectivity index (χ3n) is 15.6. The van der Waals surface area contributed by atoms with E-state index in [1.54, 1.807) is 48.7 Å². The Labute approximate surface area is 594 Å². The second-order valence-electron chi connectivity index (χ2n) is 31.3. The number of nitrogens with zero attached hydrogens (tertiary/aromatic N) is 5. The summed E-state index contributed by atoms with van der Waals surface area (Å²) >= 11 is 0. The van der Waals surface area contributed by atoms with Gasteiger partial charge in [-0.05, 0) is 171 Å². The second kappa shape index (κ2) is 40.9. The first-order valence-electron chi connectivity index (χ1n) is 34.1. The van der Waals surface area contributed by atoms with Crippen molar-refractivity contribution in [1.82, 2.24) is 22.1 Å². The fourth-order valence-electron chi connectivity index (χ4n) is 9.78. The van der Waals surface area contributed by atoms with Gasteiger partial charge in [-0.15, -0.1) is 0 Å². The van der Waals surface area contributed by atoms with Gasteiger partial charge in [0.1, 0.15) is 0 Å². The van der Waals surface area contributed by atoms with Gasteiger partial charge in [0.25, 0.3) is 0 Å². The Balaban J connectivity index is 0.00000111. The fourth-order valence-corrected chi connectivity index (χ4v) is 17.4. The van der Waals surface area contributed by atoms with Gasteiger partial charge in [0, 0.05) is 56.9 Å². The zero-order valence-corrected chi connectivity index (χ0v) is 68.9. The summed E-state index contributed by atoms with van der Waals surface area (Å²) in [7, 11) is -12.4. The Kier molecular flexibility index (Phi) is 39.1. The normalized spacial score (nSPS) is 13.8. The molecule has 5 aromatic rings. The number of piperidine rings is 1. The van der Waals surface area contributed by atoms with E-state index in [-0.39, 0.29) is 62.6 Å². The van der Waals surface area contributed by atoms with E-state index < -0.39 is 49.9 Å². The summed E-state index contributed by atoms with van der Waals surface area (Å²) in [6.07, 6.45) is 7.21. The molecule has 0 aliphatic carbocycles. The summed E-state index contributed by atoms with van der Waals surface area (Å²) in [5.74, 6) is 0.694. The molecular formula is C77H131N5O10S5. The summed E-state index contributed by atoms with van der Waals surface area (Å²) < 4.78 is 123. The van der Waals surface area contributed by atoms with E-state index in [1.807, 2.05) is 151 Å². The van der Waals surface area contributed by atoms with Crippen LogP contribution >= 0.6 is 0 Å². The number of hydrogen-bond donors (Lipinski definition) is 0. The molecule has 0 unspecified atom stereocenters. The number of hydrogen-bond acceptors (Lipinski definition) is 11. The largest absolute Gasteiger partial charge is 0.302 e. The molecule has 1 fully saturated rings. The molecule has 0 radical (unpaired) electrons. The number of rotatable bonds is 18. The van der Waals surface area contributed by atoms with Crippen molar-refractivity contribution in [2.45, 2.75) is 241 Å². The third-order valence-corrected chi connectivity index (χ3v) is 24.7. The minimum Gasteiger partial charge on any atom is -0.302 e. The van der Waals surface area contributed by atoms with E-state index in [1.165, 1.54) is 66.9 Å². The molecule has 554 valence electrons. The molecule has 1 aliphatic rings. The third kappa shape index (κ3) is 38.3. The molecule has 6 rings (SSSR count). The van der Waals surface area contributed by atoms with Gasteiger partial charge in [0.05, 0.1) is 34.7 Å². The lowest BCUT2D eigenvalue weighted by Crippen LogP contribution is -2.48. The van der Waals surface area contributed by atoms with Gasteiger partial charge in [0.15, 0.2) is 9.84 Å². The van der Waals surface area contributed by atoms with Crippen LogP contribution in [0.15, 0.2) is 144 Å². The Hall–Kier alpha value is -4.35. The monoisotopic (exact) mass is 1450 g/mol. The highest BCUT2D eigenvalue weighted by Crippen LogP contribution is 2.28. The highest BCUT2D eigenvalue weighted by atomic mass is 32.2. The van der Waals surface area contributed by atoms with Crippen LogP contribution in [0.3, 0.4) is 0 Å². The Morgan fingerprint density at radius 2 is 0.763 bits per heavy atom. The van der Waals surface area contributed by atoms with Crippen molar-refractivity contribution in [1.29, 1.82) is 0 Å². The predicted octanol–water partition coefficient (Wildman–Crippen LogP) is 16.4. The zero-order chi connectivity index (χ0) is 75.4. The maximum atomic E-state index is 11.9. The van der Waals surface area contributed by atoms with Crippen molar-refractivity contribution >= 4 is 49.9 Å². The van der Waals surface area contributed by atoms with Crippen LogP contribution in [0, 0.1) is 12.8 Å². The molecule has 1 heterocycles. The van der Waals surface area contributed by atoms with Crippen LogP contribution in [0.4, 0.5) is 0 Å². The van der Waals surface area contributed by atoms with E-state index in [2.05, 4.69) is 123 Å². The summed E-state index contributed by atoms with van der Waals surface area (Å²) in [5, 5.41) is 0. The minimum atomic E-state index is -3.30. The van der Waals surface area contributed by atoms with E-state index in [4.69, 9.17) is 0 Å². The first-order valence-corrected chi connectivity index (χ1v) is 42.7. The van der Waals surface area contributed by atoms with Gasteiger partial charge in [0.2, 0.25) is 40.1 Å². The van der Waals surface area contributed by atoms with Gasteiger partial charge in [-0.2, -0.15) is 12.9 Å². The fraction of sp³-hybridized carbons (Fsp3) is 0.610. The molecule has 1 aliphatic heterocycles. The standard InChI is InChI=1S/C14H22.C12H26N2O2S.C11H17NO2S.C11H16O2S.C11H16.C10H15NO2S.C8H19NO2S/c1-13(2,3)11-7-9-12(10-8-11)14(4,5)6;1-12(2,3)14(17(4,15)16)11-10-13-8-6-5-7-9-13;1-10(2)12(3)15(13,14)9-11-7-5-4-6-8-11;1-10(2)8-14(12,13)9-11-6-4-3-5-7-11;1-9-5-7-10(8-6-9)11(2,3)4;1-9(2)11(3)14(12,13)10-7-5-4-6-8-10;1-6-7-9(8(2,3)4)12(5,10)11/h7-10H,1-6H3;5-11H2,1-4H3;4-8,10H,9H2,1-3H3;3-7,10H,8-9H2,1-2H3;5-8H,1-4H3;4-9H,1-3H3;6-7H2,1-5H3. The summed E-state index contributed by atoms with van der Waals surface area (Å²) in [5.41, 5.74) is 7.42. The lowest BCUT2D eigenvalue weighted by atomic mass is 9.82. The molecule has 97 heavy (non-hydrogen) atoms. The lowest BCUT2D eigenvalue weighted by Gasteiger charge is -2.35. The molecule has 15 nitrogen and oxygen atoms in total. The zero-order valence-electron chi connectivity index (χ0n) is 64.9. The van der Waals surface area contributed by atoms with E-state index in [9.17, 15) is 42.1 Å². The van der Waals surface area contributed by atoms with Crippen molar-refractivity contribution in [2.75, 3.05) is 65.1 Å². The second-order valence-corrected chi connectivity index (χ2v) is 41.3. The van der Waals surface area contributed by atoms with Crippen LogP contribution in [-0.2, 0) is 77.7 Å². The summed E-state index contributed by atoms with van der Waals surface area (Å²) in [6.45, 7) is 51.4. The maximum absolute atomic E-state index is 11.9. The number of sulfone groups is 1. The summed E-state index contributed by atoms with van der Waals surface area (Å²) in [6, 6.07) is 44.7. The number of aryl methyl sites for hydroxylation is 1. The van der Waals surface area contributed by atoms with E-state index in [0.29, 0.717) is 18.0 Å². The predicted molar refractivity (Wildman–Crippen MR) is 414 cm³/mol. The maximum Gasteiger partial charge on any atom is 0.243 e. The summed E-state index contributed by atoms with van der Waals surface area (Å²) in [4.78, 5) is 2.71. The number of benzene rings is 5. The first kappa shape index (κ1) is 92.7. The highest BCUT2D eigenvalue weighted by Gasteiger charge is 2.31. The van der Waals surface area contributed by atoms with Crippen LogP contribution in [0.25, 0.3) is 0 Å². The molecule has 0 aromatic heterocycles. The van der Waals surface area contributed by atoms with Gasteiger partial charge in [-0.3, -0.25) is 0 Å². The molecule has 0 saturated carbocycles. The number of sulfonamides is 4. The van der Waals surface area contributed by atoms with Crippen LogP contribution in [0.1, 0.15) is 211 Å². The van der Waals surface area contributed by atoms with Crippen molar-refractivity contribution < 1.29 is 42.1 Å². The minimum absolute atomic E-state index is 0.00119. The van der Waals surface area contributed by atoms with Crippen LogP contribution in [0.5, 0.6) is 0 Å². The van der Waals surface area contributed by atoms with Gasteiger partial charge < -0.3 is 4.90 Å². The van der Waals surface area contributed by atoms with Gasteiger partial charge >= 0.3 is 0 Å². The van der Waals surface area contributed by atoms with Crippen LogP contribution in [0.2, 0.25) is 0 Å². The number of likely N-dealkylation sites (tertiary alicyclic amines) is 1. The average molecular weight is 1450 g/mol. The van der Waals surface area contributed by atoms with Crippen molar-refractivity contribution in [3.05, 3.63) is 173 Å². The molecule has 0 N–H and O–H groups in total. The first-order chi connectivity index (χ1) is 44.0. The topological polar surface area (TPSA) is 187 Å². The van der Waals surface area contributed by atoms with E-state index in [0.717, 1.165) is 37.2 Å². The Bertz CT molecular complexity index is 3540. The van der Waals surface area contributed by atoms with Gasteiger partial charge in [-0.25, -0.2) is 46.4 Å². The molecule has 0 spiro atoms. The molecule has 0 atom stereocenters. The van der Waals surface area contributed by atoms with Crippen molar-refractivity contribution in [3.63, 3.8) is 0 Å². The smallest absolute Gasteiger partial charge is 0.243 e. The molecule has 0 amide bonds. The molecule has 1 saturated heterocycles. The molecule has 5 aromatic carbocycles. The average Bonchev–Trinajstić information content (AvgIpc) is 0.885. The lowest BCUT2D eigenvalue weighted by molar-refractivity contribution is 0.180. The molecule has 0 bridgehead atoms. The van der Waals surface area contributed by atoms with Crippen molar-refractivity contribution in [3.8, 4) is 0 Å². The Morgan fingerprint density at radius 3 is 1.06 bits per heavy atom. The quantitative estimate of drug-likeness (QED) is 0.0812. The molecule has 20 heteroatoms. The van der Waals surface area contributed by atoms with Crippen molar-refractivity contribution in [2.24, 2.45) is 5.92 Å².